The van der Waals surface area contributed by atoms with Crippen molar-refractivity contribution >= 4 is 52.7 Å². The van der Waals surface area contributed by atoms with Gasteiger partial charge >= 0.3 is 0 Å². The van der Waals surface area contributed by atoms with Gasteiger partial charge in [-0.3, -0.25) is 15.5 Å². The number of aryl methyl sites for hydroxylation is 2. The molecule has 0 unspecified atom stereocenters. The smallest absolute Gasteiger partial charge is 0.250 e. The first-order valence-electron chi connectivity index (χ1n) is 9.08. The number of rotatable bonds is 6. The number of thioether (sulfide) groups is 1. The average Bonchev–Trinajstić information content (AvgIpc) is 3.31. The Bertz CT molecular complexity index is 1110. The third-order valence-corrected chi connectivity index (χ3v) is 5.41. The van der Waals surface area contributed by atoms with Crippen molar-refractivity contribution in [1.82, 2.24) is 20.2 Å². The molecule has 0 bridgehead atoms. The molecule has 0 fully saturated rings. The molecule has 2 heterocycles. The molecule has 0 radical (unpaired) electrons. The first-order chi connectivity index (χ1) is 14.4. The molecule has 0 aliphatic heterocycles. The van der Waals surface area contributed by atoms with Crippen LogP contribution in [0.25, 0.3) is 17.4 Å². The molecule has 7 nitrogen and oxygen atoms in total. The summed E-state index contributed by atoms with van der Waals surface area (Å²) in [7, 11) is 0. The first kappa shape index (κ1) is 22.1. The van der Waals surface area contributed by atoms with E-state index in [0.29, 0.717) is 27.5 Å². The summed E-state index contributed by atoms with van der Waals surface area (Å²) >= 11 is 12.9. The summed E-state index contributed by atoms with van der Waals surface area (Å²) in [5, 5.41) is 12.1. The van der Waals surface area contributed by atoms with Gasteiger partial charge < -0.3 is 4.42 Å². The maximum atomic E-state index is 12.2. The zero-order valence-electron chi connectivity index (χ0n) is 16.6. The van der Waals surface area contributed by atoms with E-state index in [1.807, 2.05) is 38.1 Å². The molecule has 3 rings (SSSR count). The van der Waals surface area contributed by atoms with E-state index in [9.17, 15) is 4.79 Å². The predicted molar refractivity (Wildman–Crippen MR) is 124 cm³/mol. The van der Waals surface area contributed by atoms with E-state index in [2.05, 4.69) is 20.9 Å². The second-order valence-corrected chi connectivity index (χ2v) is 8.27. The molecular formula is C20H20ClN5O2S2. The number of benzene rings is 1. The molecular weight excluding hydrogens is 442 g/mol. The van der Waals surface area contributed by atoms with Gasteiger partial charge in [-0.2, -0.15) is 0 Å². The Balaban J connectivity index is 1.60. The quantitative estimate of drug-likeness (QED) is 0.315. The molecule has 2 N–H and O–H groups in total. The molecule has 1 amide bonds. The summed E-state index contributed by atoms with van der Waals surface area (Å²) in [5.41, 5.74) is 4.77. The molecule has 0 atom stereocenters. The van der Waals surface area contributed by atoms with Crippen LogP contribution in [0.5, 0.6) is 0 Å². The second kappa shape index (κ2) is 9.92. The summed E-state index contributed by atoms with van der Waals surface area (Å²) < 4.78 is 7.40. The van der Waals surface area contributed by atoms with Gasteiger partial charge in [0.05, 0.1) is 0 Å². The summed E-state index contributed by atoms with van der Waals surface area (Å²) in [5.74, 6) is 2.28. The normalized spacial score (nSPS) is 11.1. The van der Waals surface area contributed by atoms with Crippen molar-refractivity contribution in [3.05, 3.63) is 58.6 Å². The number of nitrogens with one attached hydrogen (secondary N) is 2. The standard InChI is InChI=1S/C20H20ClN5O2S2/c1-4-30-20-24-23-13(3)26(20)25-19(29)22-18(27)10-8-15-7-9-17(28-15)14-6-5-12(2)16(21)11-14/h5-11H,4H2,1-3H3,(H2,22,25,27,29). The van der Waals surface area contributed by atoms with Crippen LogP contribution in [0.4, 0.5) is 0 Å². The number of aromatic nitrogens is 3. The topological polar surface area (TPSA) is 85.0 Å². The van der Waals surface area contributed by atoms with Gasteiger partial charge in [-0.05, 0) is 61.7 Å². The second-order valence-electron chi connectivity index (χ2n) is 6.23. The van der Waals surface area contributed by atoms with Crippen molar-refractivity contribution in [2.45, 2.75) is 25.9 Å². The van der Waals surface area contributed by atoms with Gasteiger partial charge in [0, 0.05) is 16.7 Å². The minimum Gasteiger partial charge on any atom is -0.457 e. The molecule has 2 aromatic heterocycles. The number of thiocarbonyl (C=S) groups is 1. The van der Waals surface area contributed by atoms with Crippen molar-refractivity contribution in [3.8, 4) is 11.3 Å². The van der Waals surface area contributed by atoms with Crippen LogP contribution in [-0.4, -0.2) is 31.6 Å². The Hall–Kier alpha value is -2.62. The third-order valence-electron chi connectivity index (χ3n) is 4.00. The lowest BCUT2D eigenvalue weighted by molar-refractivity contribution is -0.115. The van der Waals surface area contributed by atoms with E-state index in [1.54, 1.807) is 23.7 Å². The Morgan fingerprint density at radius 3 is 2.83 bits per heavy atom. The number of carbonyl (C=O) groups is 1. The largest absolute Gasteiger partial charge is 0.457 e. The van der Waals surface area contributed by atoms with Crippen molar-refractivity contribution in [1.29, 1.82) is 0 Å². The average molecular weight is 462 g/mol. The first-order valence-corrected chi connectivity index (χ1v) is 10.9. The van der Waals surface area contributed by atoms with Gasteiger partial charge in [-0.1, -0.05) is 42.4 Å². The zero-order chi connectivity index (χ0) is 21.7. The molecule has 30 heavy (non-hydrogen) atoms. The zero-order valence-corrected chi connectivity index (χ0v) is 19.0. The van der Waals surface area contributed by atoms with Crippen LogP contribution in [0.1, 0.15) is 24.1 Å². The van der Waals surface area contributed by atoms with Crippen LogP contribution in [0.15, 0.2) is 46.0 Å². The summed E-state index contributed by atoms with van der Waals surface area (Å²) in [6.45, 7) is 5.74. The number of nitrogens with zero attached hydrogens (tertiary/aromatic N) is 3. The Kier molecular flexibility index (Phi) is 7.30. The van der Waals surface area contributed by atoms with Crippen molar-refractivity contribution in [2.75, 3.05) is 11.2 Å². The van der Waals surface area contributed by atoms with Gasteiger partial charge in [0.1, 0.15) is 17.3 Å². The van der Waals surface area contributed by atoms with Gasteiger partial charge in [-0.15, -0.1) is 10.2 Å². The minimum absolute atomic E-state index is 0.139. The summed E-state index contributed by atoms with van der Waals surface area (Å²) in [4.78, 5) is 12.2. The summed E-state index contributed by atoms with van der Waals surface area (Å²) in [6.07, 6.45) is 2.92. The van der Waals surface area contributed by atoms with Crippen LogP contribution >= 0.6 is 35.6 Å². The fourth-order valence-corrected chi connectivity index (χ4v) is 3.51. The highest BCUT2D eigenvalue weighted by Crippen LogP contribution is 2.27. The van der Waals surface area contributed by atoms with Crippen molar-refractivity contribution in [2.24, 2.45) is 0 Å². The Morgan fingerprint density at radius 2 is 2.10 bits per heavy atom. The fraction of sp³-hybridized carbons (Fsp3) is 0.200. The van der Waals surface area contributed by atoms with Crippen LogP contribution in [0, 0.1) is 13.8 Å². The number of furan rings is 1. The van der Waals surface area contributed by atoms with E-state index in [4.69, 9.17) is 28.2 Å². The van der Waals surface area contributed by atoms with Crippen LogP contribution in [0.2, 0.25) is 5.02 Å². The van der Waals surface area contributed by atoms with E-state index in [-0.39, 0.29) is 11.0 Å². The van der Waals surface area contributed by atoms with Crippen LogP contribution < -0.4 is 10.7 Å². The number of carbonyl (C=O) groups excluding carboxylic acids is 1. The van der Waals surface area contributed by atoms with Gasteiger partial charge in [0.2, 0.25) is 11.1 Å². The number of hydrogen-bond acceptors (Lipinski definition) is 6. The maximum Gasteiger partial charge on any atom is 0.250 e. The third kappa shape index (κ3) is 5.50. The van der Waals surface area contributed by atoms with E-state index >= 15 is 0 Å². The highest BCUT2D eigenvalue weighted by atomic mass is 35.5. The molecule has 0 saturated heterocycles. The molecule has 3 aromatic rings. The molecule has 1 aromatic carbocycles. The molecule has 10 heteroatoms. The molecule has 156 valence electrons. The van der Waals surface area contributed by atoms with Gasteiger partial charge in [-0.25, -0.2) is 4.68 Å². The highest BCUT2D eigenvalue weighted by molar-refractivity contribution is 7.99. The highest BCUT2D eigenvalue weighted by Gasteiger charge is 2.11. The monoisotopic (exact) mass is 461 g/mol. The number of halogens is 1. The molecule has 0 spiro atoms. The maximum absolute atomic E-state index is 12.2. The number of hydrogen-bond donors (Lipinski definition) is 2. The molecule has 0 aliphatic carbocycles. The van der Waals surface area contributed by atoms with Crippen LogP contribution in [0.3, 0.4) is 0 Å². The molecule has 0 aliphatic rings. The van der Waals surface area contributed by atoms with E-state index in [0.717, 1.165) is 16.9 Å². The van der Waals surface area contributed by atoms with E-state index < -0.39 is 0 Å². The van der Waals surface area contributed by atoms with Crippen molar-refractivity contribution < 1.29 is 9.21 Å². The lowest BCUT2D eigenvalue weighted by atomic mass is 10.1. The van der Waals surface area contributed by atoms with Crippen LogP contribution in [-0.2, 0) is 4.79 Å². The predicted octanol–water partition coefficient (Wildman–Crippen LogP) is 4.58. The Labute approximate surface area is 188 Å². The molecule has 0 saturated carbocycles. The lowest BCUT2D eigenvalue weighted by Crippen LogP contribution is -2.37. The van der Waals surface area contributed by atoms with E-state index in [1.165, 1.54) is 17.8 Å². The Morgan fingerprint density at radius 1 is 1.30 bits per heavy atom. The SMILES string of the molecule is CCSc1nnc(C)n1NC(=S)NC(=O)C=Cc1ccc(-c2ccc(C)c(Cl)c2)o1. The van der Waals surface area contributed by atoms with Gasteiger partial charge in [0.15, 0.2) is 5.11 Å². The minimum atomic E-state index is -0.390. The van der Waals surface area contributed by atoms with Gasteiger partial charge in [0.25, 0.3) is 0 Å². The summed E-state index contributed by atoms with van der Waals surface area (Å²) in [6, 6.07) is 9.31. The lowest BCUT2D eigenvalue weighted by Gasteiger charge is -2.11. The number of amides is 1. The van der Waals surface area contributed by atoms with Crippen molar-refractivity contribution in [3.63, 3.8) is 0 Å². The fourth-order valence-electron chi connectivity index (χ4n) is 2.48.